The number of aromatic nitrogens is 2. The monoisotopic (exact) mass is 312 g/mol. The highest BCUT2D eigenvalue weighted by atomic mass is 16.5. The minimum absolute atomic E-state index is 0.263. The van der Waals surface area contributed by atoms with Crippen molar-refractivity contribution in [3.63, 3.8) is 0 Å². The summed E-state index contributed by atoms with van der Waals surface area (Å²) in [5.41, 5.74) is 6.77. The summed E-state index contributed by atoms with van der Waals surface area (Å²) in [6.45, 7) is 1.56. The molecule has 2 aromatic rings. The van der Waals surface area contributed by atoms with E-state index >= 15 is 0 Å². The summed E-state index contributed by atoms with van der Waals surface area (Å²) in [6.07, 6.45) is 3.59. The van der Waals surface area contributed by atoms with Gasteiger partial charge in [-0.1, -0.05) is 30.3 Å². The zero-order valence-corrected chi connectivity index (χ0v) is 13.1. The van der Waals surface area contributed by atoms with Crippen LogP contribution in [0.4, 0.5) is 5.82 Å². The minimum atomic E-state index is -0.506. The van der Waals surface area contributed by atoms with E-state index in [-0.39, 0.29) is 6.10 Å². The molecule has 1 saturated heterocycles. The predicted octanol–water partition coefficient (Wildman–Crippen LogP) is 1.86. The van der Waals surface area contributed by atoms with E-state index in [2.05, 4.69) is 14.9 Å². The molecule has 120 valence electrons. The van der Waals surface area contributed by atoms with Crippen LogP contribution in [0.15, 0.2) is 36.5 Å². The number of methoxy groups -OCH3 is 1. The van der Waals surface area contributed by atoms with E-state index < -0.39 is 5.91 Å². The van der Waals surface area contributed by atoms with Gasteiger partial charge in [0.15, 0.2) is 5.82 Å². The summed E-state index contributed by atoms with van der Waals surface area (Å²) in [6, 6.07) is 9.70. The molecule has 1 aromatic heterocycles. The number of carbonyl (C=O) groups excluding carboxylic acids is 1. The van der Waals surface area contributed by atoms with E-state index in [1.807, 2.05) is 30.3 Å². The number of nitrogens with two attached hydrogens (primary N) is 1. The van der Waals surface area contributed by atoms with Crippen LogP contribution in [0.1, 0.15) is 23.2 Å². The average Bonchev–Trinajstić information content (AvgIpc) is 2.62. The summed E-state index contributed by atoms with van der Waals surface area (Å²) in [5.74, 6) is 0.703. The Morgan fingerprint density at radius 1 is 1.26 bits per heavy atom. The molecule has 1 aliphatic heterocycles. The quantitative estimate of drug-likeness (QED) is 0.932. The molecule has 2 N–H and O–H groups in total. The van der Waals surface area contributed by atoms with Crippen LogP contribution in [0.3, 0.4) is 0 Å². The molecule has 1 amide bonds. The molecule has 2 heterocycles. The van der Waals surface area contributed by atoms with Gasteiger partial charge in [-0.2, -0.15) is 0 Å². The second-order valence-corrected chi connectivity index (χ2v) is 5.58. The highest BCUT2D eigenvalue weighted by molar-refractivity contribution is 5.97. The van der Waals surface area contributed by atoms with Crippen molar-refractivity contribution in [1.82, 2.24) is 9.97 Å². The van der Waals surface area contributed by atoms with E-state index in [1.54, 1.807) is 7.11 Å². The highest BCUT2D eigenvalue weighted by Gasteiger charge is 2.24. The van der Waals surface area contributed by atoms with Gasteiger partial charge >= 0.3 is 0 Å². The van der Waals surface area contributed by atoms with Gasteiger partial charge in [0, 0.05) is 32.0 Å². The number of anilines is 1. The number of amides is 1. The predicted molar refractivity (Wildman–Crippen MR) is 88.2 cm³/mol. The van der Waals surface area contributed by atoms with Gasteiger partial charge in [-0.05, 0) is 12.8 Å². The molecule has 6 heteroatoms. The Bertz CT molecular complexity index is 682. The molecule has 23 heavy (non-hydrogen) atoms. The van der Waals surface area contributed by atoms with Crippen LogP contribution >= 0.6 is 0 Å². The Hall–Kier alpha value is -2.47. The lowest BCUT2D eigenvalue weighted by Gasteiger charge is -2.32. The number of benzene rings is 1. The molecule has 1 aromatic carbocycles. The van der Waals surface area contributed by atoms with E-state index in [0.717, 1.165) is 31.5 Å². The van der Waals surface area contributed by atoms with E-state index in [0.29, 0.717) is 17.2 Å². The fourth-order valence-corrected chi connectivity index (χ4v) is 2.82. The summed E-state index contributed by atoms with van der Waals surface area (Å²) < 4.78 is 5.40. The molecular formula is C17H20N4O2. The van der Waals surface area contributed by atoms with E-state index in [1.165, 1.54) is 6.20 Å². The normalized spacial score (nSPS) is 15.6. The standard InChI is InChI=1S/C17H20N4O2/c1-23-13-7-9-21(10-8-13)17-14(15(18)22)11-19-16(20-17)12-5-3-2-4-6-12/h2-6,11,13H,7-10H2,1H3,(H2,18,22). The van der Waals surface area contributed by atoms with Crippen molar-refractivity contribution in [3.05, 3.63) is 42.1 Å². The van der Waals surface area contributed by atoms with Crippen LogP contribution in [0, 0.1) is 0 Å². The number of ether oxygens (including phenoxy) is 1. The smallest absolute Gasteiger partial charge is 0.254 e. The van der Waals surface area contributed by atoms with Crippen molar-refractivity contribution >= 4 is 11.7 Å². The van der Waals surface area contributed by atoms with Crippen molar-refractivity contribution in [2.75, 3.05) is 25.1 Å². The first-order chi connectivity index (χ1) is 11.2. The van der Waals surface area contributed by atoms with Gasteiger partial charge < -0.3 is 15.4 Å². The molecule has 0 aliphatic carbocycles. The van der Waals surface area contributed by atoms with Crippen molar-refractivity contribution in [1.29, 1.82) is 0 Å². The Balaban J connectivity index is 1.95. The van der Waals surface area contributed by atoms with Crippen LogP contribution in [-0.4, -0.2) is 42.2 Å². The maximum absolute atomic E-state index is 11.7. The average molecular weight is 312 g/mol. The van der Waals surface area contributed by atoms with Gasteiger partial charge in [0.1, 0.15) is 11.4 Å². The molecule has 0 unspecified atom stereocenters. The topological polar surface area (TPSA) is 81.3 Å². The van der Waals surface area contributed by atoms with Gasteiger partial charge in [0.2, 0.25) is 0 Å². The zero-order valence-electron chi connectivity index (χ0n) is 13.1. The number of hydrogen-bond donors (Lipinski definition) is 1. The second kappa shape index (κ2) is 6.75. The van der Waals surface area contributed by atoms with E-state index in [9.17, 15) is 4.79 Å². The first kappa shape index (κ1) is 15.4. The molecule has 0 radical (unpaired) electrons. The van der Waals surface area contributed by atoms with Crippen molar-refractivity contribution < 1.29 is 9.53 Å². The van der Waals surface area contributed by atoms with Gasteiger partial charge in [-0.25, -0.2) is 9.97 Å². The number of nitrogens with zero attached hydrogens (tertiary/aromatic N) is 3. The van der Waals surface area contributed by atoms with Crippen molar-refractivity contribution in [2.45, 2.75) is 18.9 Å². The zero-order chi connectivity index (χ0) is 16.2. The van der Waals surface area contributed by atoms with Gasteiger partial charge in [0.25, 0.3) is 5.91 Å². The largest absolute Gasteiger partial charge is 0.381 e. The number of hydrogen-bond acceptors (Lipinski definition) is 5. The van der Waals surface area contributed by atoms with Gasteiger partial charge in [0.05, 0.1) is 6.10 Å². The SMILES string of the molecule is COC1CCN(c2nc(-c3ccccc3)ncc2C(N)=O)CC1. The number of rotatable bonds is 4. The Labute approximate surface area is 135 Å². The first-order valence-corrected chi connectivity index (χ1v) is 7.69. The third-order valence-electron chi connectivity index (χ3n) is 4.14. The third-order valence-corrected chi connectivity index (χ3v) is 4.14. The fourth-order valence-electron chi connectivity index (χ4n) is 2.82. The molecule has 0 spiro atoms. The Morgan fingerprint density at radius 3 is 2.57 bits per heavy atom. The second-order valence-electron chi connectivity index (χ2n) is 5.58. The Morgan fingerprint density at radius 2 is 1.96 bits per heavy atom. The van der Waals surface area contributed by atoms with Crippen LogP contribution in [-0.2, 0) is 4.74 Å². The maximum Gasteiger partial charge on any atom is 0.254 e. The summed E-state index contributed by atoms with van der Waals surface area (Å²) in [4.78, 5) is 22.7. The molecule has 0 bridgehead atoms. The summed E-state index contributed by atoms with van der Waals surface area (Å²) in [5, 5.41) is 0. The van der Waals surface area contributed by atoms with Gasteiger partial charge in [-0.15, -0.1) is 0 Å². The number of carbonyl (C=O) groups is 1. The fraction of sp³-hybridized carbons (Fsp3) is 0.353. The molecule has 1 aliphatic rings. The van der Waals surface area contributed by atoms with Crippen LogP contribution < -0.4 is 10.6 Å². The van der Waals surface area contributed by atoms with Crippen LogP contribution in [0.5, 0.6) is 0 Å². The van der Waals surface area contributed by atoms with Crippen molar-refractivity contribution in [2.24, 2.45) is 5.73 Å². The summed E-state index contributed by atoms with van der Waals surface area (Å²) in [7, 11) is 1.73. The molecular weight excluding hydrogens is 292 g/mol. The molecule has 1 fully saturated rings. The van der Waals surface area contributed by atoms with Crippen LogP contribution in [0.2, 0.25) is 0 Å². The Kier molecular flexibility index (Phi) is 4.52. The van der Waals surface area contributed by atoms with Crippen molar-refractivity contribution in [3.8, 4) is 11.4 Å². The first-order valence-electron chi connectivity index (χ1n) is 7.69. The lowest BCUT2D eigenvalue weighted by molar-refractivity contribution is 0.0817. The minimum Gasteiger partial charge on any atom is -0.381 e. The third kappa shape index (κ3) is 3.32. The van der Waals surface area contributed by atoms with Crippen LogP contribution in [0.25, 0.3) is 11.4 Å². The van der Waals surface area contributed by atoms with E-state index in [4.69, 9.17) is 10.5 Å². The lowest BCUT2D eigenvalue weighted by Crippen LogP contribution is -2.38. The molecule has 0 saturated carbocycles. The number of primary amides is 1. The van der Waals surface area contributed by atoms with Gasteiger partial charge in [-0.3, -0.25) is 4.79 Å². The lowest BCUT2D eigenvalue weighted by atomic mass is 10.1. The summed E-state index contributed by atoms with van der Waals surface area (Å²) >= 11 is 0. The molecule has 3 rings (SSSR count). The maximum atomic E-state index is 11.7. The number of piperidine rings is 1. The molecule has 6 nitrogen and oxygen atoms in total. The molecule has 0 atom stereocenters. The highest BCUT2D eigenvalue weighted by Crippen LogP contribution is 2.25.